The molecule has 0 aliphatic rings. The second-order valence-corrected chi connectivity index (χ2v) is 2.87. The molecule has 80 valence electrons. The van der Waals surface area contributed by atoms with E-state index in [1.807, 2.05) is 0 Å². The first-order valence-corrected chi connectivity index (χ1v) is 4.39. The van der Waals surface area contributed by atoms with Crippen molar-refractivity contribution in [3.8, 4) is 11.8 Å². The lowest BCUT2D eigenvalue weighted by Gasteiger charge is -1.96. The number of aliphatic hydroxyl groups is 1. The minimum atomic E-state index is -1.01. The summed E-state index contributed by atoms with van der Waals surface area (Å²) in [4.78, 5) is 0. The van der Waals surface area contributed by atoms with E-state index in [4.69, 9.17) is 5.11 Å². The molecule has 0 radical (unpaired) electrons. The van der Waals surface area contributed by atoms with Gasteiger partial charge in [-0.05, 0) is 6.42 Å². The van der Waals surface area contributed by atoms with Crippen molar-refractivity contribution in [2.75, 3.05) is 6.61 Å². The highest BCUT2D eigenvalue weighted by Crippen LogP contribution is 2.13. The molecule has 0 aliphatic carbocycles. The molecule has 0 aromatic heterocycles. The van der Waals surface area contributed by atoms with Crippen molar-refractivity contribution in [2.24, 2.45) is 0 Å². The van der Waals surface area contributed by atoms with E-state index in [2.05, 4.69) is 11.8 Å². The van der Waals surface area contributed by atoms with Crippen molar-refractivity contribution < 1.29 is 18.3 Å². The Bertz CT molecular complexity index is 381. The normalized spacial score (nSPS) is 9.60. The van der Waals surface area contributed by atoms with Crippen molar-refractivity contribution in [1.82, 2.24) is 0 Å². The minimum Gasteiger partial charge on any atom is -0.396 e. The molecule has 0 heterocycles. The zero-order valence-electron chi connectivity index (χ0n) is 7.86. The number of unbranched alkanes of at least 4 members (excludes halogenated alkanes) is 1. The first-order valence-electron chi connectivity index (χ1n) is 4.39. The largest absolute Gasteiger partial charge is 0.396 e. The SMILES string of the molecule is OCCCC#Cc1c(F)cc(F)cc1F. The Labute approximate surface area is 85.5 Å². The van der Waals surface area contributed by atoms with E-state index in [-0.39, 0.29) is 6.61 Å². The Morgan fingerprint density at radius 1 is 1.13 bits per heavy atom. The van der Waals surface area contributed by atoms with Crippen molar-refractivity contribution in [1.29, 1.82) is 0 Å². The summed E-state index contributed by atoms with van der Waals surface area (Å²) in [5.74, 6) is 1.77. The van der Waals surface area contributed by atoms with Gasteiger partial charge in [-0.15, -0.1) is 0 Å². The molecule has 15 heavy (non-hydrogen) atoms. The van der Waals surface area contributed by atoms with Crippen LogP contribution in [0.5, 0.6) is 0 Å². The standard InChI is InChI=1S/C11H9F3O/c12-8-6-10(13)9(11(14)7-8)4-2-1-3-5-15/h6-7,15H,1,3,5H2. The van der Waals surface area contributed by atoms with Gasteiger partial charge in [-0.3, -0.25) is 0 Å². The van der Waals surface area contributed by atoms with Gasteiger partial charge in [0.1, 0.15) is 17.5 Å². The molecule has 4 heteroatoms. The van der Waals surface area contributed by atoms with E-state index in [1.165, 1.54) is 0 Å². The lowest BCUT2D eigenvalue weighted by atomic mass is 10.2. The Morgan fingerprint density at radius 3 is 2.27 bits per heavy atom. The molecular formula is C11H9F3O. The van der Waals surface area contributed by atoms with E-state index >= 15 is 0 Å². The fourth-order valence-electron chi connectivity index (χ4n) is 0.980. The lowest BCUT2D eigenvalue weighted by molar-refractivity contribution is 0.290. The molecule has 1 N–H and O–H groups in total. The van der Waals surface area contributed by atoms with Gasteiger partial charge in [-0.25, -0.2) is 13.2 Å². The van der Waals surface area contributed by atoms with Gasteiger partial charge in [0.15, 0.2) is 0 Å². The smallest absolute Gasteiger partial charge is 0.144 e. The summed E-state index contributed by atoms with van der Waals surface area (Å²) < 4.78 is 38.5. The molecule has 0 atom stereocenters. The predicted octanol–water partition coefficient (Wildman–Crippen LogP) is 2.23. The van der Waals surface area contributed by atoms with Crippen molar-refractivity contribution >= 4 is 0 Å². The molecule has 0 bridgehead atoms. The van der Waals surface area contributed by atoms with Crippen LogP contribution in [0.25, 0.3) is 0 Å². The van der Waals surface area contributed by atoms with Crippen LogP contribution in [0.3, 0.4) is 0 Å². The molecule has 0 saturated carbocycles. The van der Waals surface area contributed by atoms with Crippen LogP contribution in [0.2, 0.25) is 0 Å². The maximum absolute atomic E-state index is 13.0. The summed E-state index contributed by atoms with van der Waals surface area (Å²) in [5, 5.41) is 8.44. The average molecular weight is 214 g/mol. The monoisotopic (exact) mass is 214 g/mol. The number of rotatable bonds is 2. The Morgan fingerprint density at radius 2 is 1.73 bits per heavy atom. The molecular weight excluding hydrogens is 205 g/mol. The maximum atomic E-state index is 13.0. The van der Waals surface area contributed by atoms with Crippen LogP contribution in [0, 0.1) is 29.3 Å². The Hall–Kier alpha value is -1.47. The fourth-order valence-corrected chi connectivity index (χ4v) is 0.980. The van der Waals surface area contributed by atoms with Crippen LogP contribution >= 0.6 is 0 Å². The summed E-state index contributed by atoms with van der Waals surface area (Å²) in [6.45, 7) is -0.0247. The Kier molecular flexibility index (Phi) is 4.19. The van der Waals surface area contributed by atoms with E-state index in [0.717, 1.165) is 0 Å². The van der Waals surface area contributed by atoms with Crippen LogP contribution in [0.15, 0.2) is 12.1 Å². The second-order valence-electron chi connectivity index (χ2n) is 2.87. The average Bonchev–Trinajstić information content (AvgIpc) is 2.15. The number of hydrogen-bond donors (Lipinski definition) is 1. The van der Waals surface area contributed by atoms with Gasteiger partial charge < -0.3 is 5.11 Å². The van der Waals surface area contributed by atoms with Crippen molar-refractivity contribution in [3.63, 3.8) is 0 Å². The molecule has 1 aromatic rings. The Balaban J connectivity index is 2.88. The third kappa shape index (κ3) is 3.30. The molecule has 0 aliphatic heterocycles. The second kappa shape index (κ2) is 5.42. The van der Waals surface area contributed by atoms with E-state index in [9.17, 15) is 13.2 Å². The number of aliphatic hydroxyl groups excluding tert-OH is 1. The molecule has 1 aromatic carbocycles. The molecule has 0 saturated heterocycles. The third-order valence-electron chi connectivity index (χ3n) is 1.68. The molecule has 0 fully saturated rings. The summed E-state index contributed by atoms with van der Waals surface area (Å²) >= 11 is 0. The summed E-state index contributed by atoms with van der Waals surface area (Å²) in [6, 6.07) is 1.16. The third-order valence-corrected chi connectivity index (χ3v) is 1.68. The van der Waals surface area contributed by atoms with Gasteiger partial charge in [0.2, 0.25) is 0 Å². The van der Waals surface area contributed by atoms with Crippen LogP contribution < -0.4 is 0 Å². The first kappa shape index (κ1) is 11.6. The van der Waals surface area contributed by atoms with Gasteiger partial charge in [-0.1, -0.05) is 11.8 Å². The van der Waals surface area contributed by atoms with Gasteiger partial charge in [-0.2, -0.15) is 0 Å². The highest BCUT2D eigenvalue weighted by atomic mass is 19.1. The summed E-state index contributed by atoms with van der Waals surface area (Å²) in [5.41, 5.74) is -0.436. The van der Waals surface area contributed by atoms with Gasteiger partial charge in [0, 0.05) is 25.2 Å². The molecule has 1 nitrogen and oxygen atoms in total. The lowest BCUT2D eigenvalue weighted by Crippen LogP contribution is -1.92. The molecule has 0 spiro atoms. The summed E-state index contributed by atoms with van der Waals surface area (Å²) in [6.07, 6.45) is 0.782. The quantitative estimate of drug-likeness (QED) is 0.591. The van der Waals surface area contributed by atoms with Gasteiger partial charge in [0.05, 0.1) is 5.56 Å². The zero-order chi connectivity index (χ0) is 11.3. The van der Waals surface area contributed by atoms with Crippen LogP contribution in [0.4, 0.5) is 13.2 Å². The molecule has 0 amide bonds. The zero-order valence-corrected chi connectivity index (χ0v) is 7.86. The molecule has 1 rings (SSSR count). The van der Waals surface area contributed by atoms with Crippen LogP contribution in [-0.4, -0.2) is 11.7 Å². The topological polar surface area (TPSA) is 20.2 Å². The highest BCUT2D eigenvalue weighted by Gasteiger charge is 2.08. The number of hydrogen-bond acceptors (Lipinski definition) is 1. The van der Waals surface area contributed by atoms with Gasteiger partial charge >= 0.3 is 0 Å². The van der Waals surface area contributed by atoms with E-state index in [1.54, 1.807) is 0 Å². The first-order chi connectivity index (χ1) is 7.15. The van der Waals surface area contributed by atoms with Gasteiger partial charge in [0.25, 0.3) is 0 Å². The predicted molar refractivity (Wildman–Crippen MR) is 49.5 cm³/mol. The van der Waals surface area contributed by atoms with Crippen molar-refractivity contribution in [2.45, 2.75) is 12.8 Å². The summed E-state index contributed by atoms with van der Waals surface area (Å²) in [7, 11) is 0. The van der Waals surface area contributed by atoms with Crippen LogP contribution in [0.1, 0.15) is 18.4 Å². The van der Waals surface area contributed by atoms with E-state index in [0.29, 0.717) is 25.0 Å². The minimum absolute atomic E-state index is 0.0247. The maximum Gasteiger partial charge on any atom is 0.144 e. The molecule has 0 unspecified atom stereocenters. The van der Waals surface area contributed by atoms with Crippen LogP contribution in [-0.2, 0) is 0 Å². The van der Waals surface area contributed by atoms with Crippen molar-refractivity contribution in [3.05, 3.63) is 35.1 Å². The van der Waals surface area contributed by atoms with E-state index < -0.39 is 23.0 Å². The number of halogens is 3. The fraction of sp³-hybridized carbons (Fsp3) is 0.273. The number of benzene rings is 1. The highest BCUT2D eigenvalue weighted by molar-refractivity contribution is 5.36.